The summed E-state index contributed by atoms with van der Waals surface area (Å²) in [6.45, 7) is 3.85. The fraction of sp³-hybridized carbons (Fsp3) is 0.200. The van der Waals surface area contributed by atoms with Gasteiger partial charge in [-0.2, -0.15) is 0 Å². The van der Waals surface area contributed by atoms with Crippen molar-refractivity contribution in [2.75, 3.05) is 13.7 Å². The Balaban J connectivity index is 2.54. The molecule has 0 saturated heterocycles. The standard InChI is InChI=1S/C10H11ClO2/c1-8(11)7-13-10-5-3-9(12-2)4-6-10/h3-6H,1,7H2,2H3. The second kappa shape index (κ2) is 4.77. The van der Waals surface area contributed by atoms with Crippen molar-refractivity contribution in [1.82, 2.24) is 0 Å². The van der Waals surface area contributed by atoms with Gasteiger partial charge in [0.2, 0.25) is 0 Å². The molecule has 0 atom stereocenters. The Kier molecular flexibility index (Phi) is 3.65. The molecule has 70 valence electrons. The fourth-order valence-electron chi connectivity index (χ4n) is 0.834. The van der Waals surface area contributed by atoms with Gasteiger partial charge < -0.3 is 9.47 Å². The van der Waals surface area contributed by atoms with E-state index in [1.165, 1.54) is 0 Å². The van der Waals surface area contributed by atoms with Crippen LogP contribution in [0, 0.1) is 0 Å². The van der Waals surface area contributed by atoms with Gasteiger partial charge in [0.1, 0.15) is 18.1 Å². The molecule has 3 heteroatoms. The number of rotatable bonds is 4. The van der Waals surface area contributed by atoms with Crippen LogP contribution < -0.4 is 9.47 Å². The van der Waals surface area contributed by atoms with Crippen molar-refractivity contribution in [3.05, 3.63) is 35.9 Å². The molecule has 0 heterocycles. The first-order valence-corrected chi connectivity index (χ1v) is 4.20. The first kappa shape index (κ1) is 9.93. The van der Waals surface area contributed by atoms with Gasteiger partial charge in [-0.3, -0.25) is 0 Å². The molecule has 0 aliphatic carbocycles. The van der Waals surface area contributed by atoms with Crippen molar-refractivity contribution in [3.8, 4) is 11.5 Å². The summed E-state index contributed by atoms with van der Waals surface area (Å²) in [7, 11) is 1.62. The van der Waals surface area contributed by atoms with Crippen molar-refractivity contribution < 1.29 is 9.47 Å². The molecule has 1 aromatic carbocycles. The molecule has 1 rings (SSSR count). The topological polar surface area (TPSA) is 18.5 Å². The lowest BCUT2D eigenvalue weighted by atomic mass is 10.3. The predicted molar refractivity (Wildman–Crippen MR) is 53.5 cm³/mol. The van der Waals surface area contributed by atoms with Crippen molar-refractivity contribution in [2.24, 2.45) is 0 Å². The van der Waals surface area contributed by atoms with Gasteiger partial charge >= 0.3 is 0 Å². The molecule has 0 saturated carbocycles. The lowest BCUT2D eigenvalue weighted by Gasteiger charge is -2.05. The monoisotopic (exact) mass is 198 g/mol. The van der Waals surface area contributed by atoms with Crippen LogP contribution in [0.2, 0.25) is 0 Å². The third-order valence-electron chi connectivity index (χ3n) is 1.45. The Labute approximate surface area is 82.7 Å². The van der Waals surface area contributed by atoms with E-state index in [9.17, 15) is 0 Å². The van der Waals surface area contributed by atoms with Crippen LogP contribution in [0.5, 0.6) is 11.5 Å². The lowest BCUT2D eigenvalue weighted by Crippen LogP contribution is -1.95. The highest BCUT2D eigenvalue weighted by molar-refractivity contribution is 6.29. The van der Waals surface area contributed by atoms with E-state index in [1.54, 1.807) is 7.11 Å². The Hall–Kier alpha value is -1.15. The normalized spacial score (nSPS) is 9.38. The number of hydrogen-bond donors (Lipinski definition) is 0. The molecule has 2 nitrogen and oxygen atoms in total. The SMILES string of the molecule is C=C(Cl)COc1ccc(OC)cc1. The molecule has 0 unspecified atom stereocenters. The second-order valence-electron chi connectivity index (χ2n) is 2.48. The summed E-state index contributed by atoms with van der Waals surface area (Å²) < 4.78 is 10.3. The van der Waals surface area contributed by atoms with E-state index in [4.69, 9.17) is 21.1 Å². The molecule has 0 fully saturated rings. The third-order valence-corrected chi connectivity index (χ3v) is 1.56. The Morgan fingerprint density at radius 2 is 1.85 bits per heavy atom. The van der Waals surface area contributed by atoms with Crippen LogP contribution in [0.25, 0.3) is 0 Å². The molecule has 0 aliphatic heterocycles. The van der Waals surface area contributed by atoms with Gasteiger partial charge in [0.25, 0.3) is 0 Å². The molecule has 1 aromatic rings. The zero-order valence-corrected chi connectivity index (χ0v) is 8.17. The summed E-state index contributed by atoms with van der Waals surface area (Å²) in [5.74, 6) is 1.56. The molecule has 0 bridgehead atoms. The number of halogens is 1. The summed E-state index contributed by atoms with van der Waals surface area (Å²) >= 11 is 5.54. The average molecular weight is 199 g/mol. The van der Waals surface area contributed by atoms with Crippen LogP contribution in [0.3, 0.4) is 0 Å². The summed E-state index contributed by atoms with van der Waals surface area (Å²) in [4.78, 5) is 0. The van der Waals surface area contributed by atoms with E-state index in [2.05, 4.69) is 6.58 Å². The molecule has 0 spiro atoms. The molecule has 0 amide bonds. The number of methoxy groups -OCH3 is 1. The summed E-state index contributed by atoms with van der Waals surface area (Å²) in [5, 5.41) is 0.482. The minimum absolute atomic E-state index is 0.327. The van der Waals surface area contributed by atoms with Crippen molar-refractivity contribution >= 4 is 11.6 Å². The minimum Gasteiger partial charge on any atom is -0.497 e. The predicted octanol–water partition coefficient (Wildman–Crippen LogP) is 2.83. The minimum atomic E-state index is 0.327. The molecule has 0 aromatic heterocycles. The number of benzene rings is 1. The lowest BCUT2D eigenvalue weighted by molar-refractivity contribution is 0.357. The van der Waals surface area contributed by atoms with Gasteiger partial charge in [0.05, 0.1) is 7.11 Å². The molecular formula is C10H11ClO2. The summed E-state index contributed by atoms with van der Waals surface area (Å²) in [6.07, 6.45) is 0. The largest absolute Gasteiger partial charge is 0.497 e. The van der Waals surface area contributed by atoms with Gasteiger partial charge in [0, 0.05) is 5.03 Å². The second-order valence-corrected chi connectivity index (χ2v) is 3.02. The Morgan fingerprint density at radius 3 is 2.31 bits per heavy atom. The Bertz CT molecular complexity index is 279. The average Bonchev–Trinajstić information content (AvgIpc) is 2.15. The first-order valence-electron chi connectivity index (χ1n) is 3.82. The van der Waals surface area contributed by atoms with E-state index in [-0.39, 0.29) is 0 Å². The van der Waals surface area contributed by atoms with E-state index < -0.39 is 0 Å². The van der Waals surface area contributed by atoms with Crippen molar-refractivity contribution in [1.29, 1.82) is 0 Å². The molecular weight excluding hydrogens is 188 g/mol. The van der Waals surface area contributed by atoms with E-state index in [0.717, 1.165) is 11.5 Å². The number of ether oxygens (including phenoxy) is 2. The number of hydrogen-bond acceptors (Lipinski definition) is 2. The van der Waals surface area contributed by atoms with Crippen LogP contribution in [0.15, 0.2) is 35.9 Å². The quantitative estimate of drug-likeness (QED) is 0.741. The smallest absolute Gasteiger partial charge is 0.123 e. The summed E-state index contributed by atoms with van der Waals surface area (Å²) in [6, 6.07) is 7.29. The highest BCUT2D eigenvalue weighted by Gasteiger charge is 1.95. The van der Waals surface area contributed by atoms with Gasteiger partial charge in [0.15, 0.2) is 0 Å². The van der Waals surface area contributed by atoms with Crippen LogP contribution >= 0.6 is 11.6 Å². The Morgan fingerprint density at radius 1 is 1.31 bits per heavy atom. The van der Waals surface area contributed by atoms with Gasteiger partial charge in [-0.15, -0.1) is 0 Å². The molecule has 0 N–H and O–H groups in total. The van der Waals surface area contributed by atoms with Gasteiger partial charge in [-0.1, -0.05) is 18.2 Å². The van der Waals surface area contributed by atoms with Crippen LogP contribution in [0.1, 0.15) is 0 Å². The molecule has 13 heavy (non-hydrogen) atoms. The van der Waals surface area contributed by atoms with Crippen LogP contribution in [0.4, 0.5) is 0 Å². The molecule has 0 aliphatic rings. The highest BCUT2D eigenvalue weighted by atomic mass is 35.5. The van der Waals surface area contributed by atoms with E-state index >= 15 is 0 Å². The maximum atomic E-state index is 5.54. The highest BCUT2D eigenvalue weighted by Crippen LogP contribution is 2.17. The van der Waals surface area contributed by atoms with Crippen LogP contribution in [-0.4, -0.2) is 13.7 Å². The summed E-state index contributed by atoms with van der Waals surface area (Å²) in [5.41, 5.74) is 0. The van der Waals surface area contributed by atoms with Crippen molar-refractivity contribution in [3.63, 3.8) is 0 Å². The van der Waals surface area contributed by atoms with Gasteiger partial charge in [-0.05, 0) is 24.3 Å². The van der Waals surface area contributed by atoms with Crippen LogP contribution in [-0.2, 0) is 0 Å². The first-order chi connectivity index (χ1) is 6.22. The zero-order chi connectivity index (χ0) is 9.68. The maximum Gasteiger partial charge on any atom is 0.123 e. The van der Waals surface area contributed by atoms with E-state index in [0.29, 0.717) is 11.6 Å². The maximum absolute atomic E-state index is 5.54. The third kappa shape index (κ3) is 3.38. The molecule has 0 radical (unpaired) electrons. The van der Waals surface area contributed by atoms with Gasteiger partial charge in [-0.25, -0.2) is 0 Å². The fourth-order valence-corrected chi connectivity index (χ4v) is 0.888. The zero-order valence-electron chi connectivity index (χ0n) is 7.42. The van der Waals surface area contributed by atoms with Crippen molar-refractivity contribution in [2.45, 2.75) is 0 Å². The van der Waals surface area contributed by atoms with E-state index in [1.807, 2.05) is 24.3 Å².